The molecule has 0 aliphatic heterocycles. The van der Waals surface area contributed by atoms with Crippen LogP contribution < -0.4 is 11.1 Å². The number of hydrogen-bond acceptors (Lipinski definition) is 4. The van der Waals surface area contributed by atoms with Gasteiger partial charge in [0, 0.05) is 24.0 Å². The molecule has 0 radical (unpaired) electrons. The number of aromatic nitrogens is 2. The highest BCUT2D eigenvalue weighted by Crippen LogP contribution is 2.17. The number of nitrogens with two attached hydrogens (primary N) is 1. The molecule has 1 aromatic heterocycles. The van der Waals surface area contributed by atoms with Crippen molar-refractivity contribution in [3.05, 3.63) is 46.9 Å². The zero-order valence-electron chi connectivity index (χ0n) is 11.7. The maximum atomic E-state index is 5.91. The average molecular weight is 256 g/mol. The standard InChI is InChI=1S/C15H20N4/c1-4-13-8-15(19-11(3)18-13)17-9-12-6-5-7-14(16)10(12)2/h5-8H,4,9,16H2,1-3H3,(H,17,18,19). The molecule has 4 nitrogen and oxygen atoms in total. The number of rotatable bonds is 4. The largest absolute Gasteiger partial charge is 0.399 e. The molecule has 4 heteroatoms. The summed E-state index contributed by atoms with van der Waals surface area (Å²) < 4.78 is 0. The number of benzene rings is 1. The van der Waals surface area contributed by atoms with Crippen molar-refractivity contribution in [2.24, 2.45) is 0 Å². The summed E-state index contributed by atoms with van der Waals surface area (Å²) >= 11 is 0. The monoisotopic (exact) mass is 256 g/mol. The van der Waals surface area contributed by atoms with E-state index in [2.05, 4.69) is 28.3 Å². The van der Waals surface area contributed by atoms with E-state index in [0.29, 0.717) is 0 Å². The Bertz CT molecular complexity index is 578. The molecule has 0 aliphatic rings. The van der Waals surface area contributed by atoms with Crippen molar-refractivity contribution in [3.8, 4) is 0 Å². The third-order valence-electron chi connectivity index (χ3n) is 3.20. The van der Waals surface area contributed by atoms with Crippen LogP contribution in [0.5, 0.6) is 0 Å². The Morgan fingerprint density at radius 3 is 2.74 bits per heavy atom. The van der Waals surface area contributed by atoms with Crippen LogP contribution in [-0.4, -0.2) is 9.97 Å². The molecule has 1 aromatic carbocycles. The first-order valence-corrected chi connectivity index (χ1v) is 6.52. The van der Waals surface area contributed by atoms with Crippen molar-refractivity contribution in [1.82, 2.24) is 9.97 Å². The van der Waals surface area contributed by atoms with Crippen molar-refractivity contribution in [3.63, 3.8) is 0 Å². The minimum absolute atomic E-state index is 0.719. The van der Waals surface area contributed by atoms with Gasteiger partial charge in [-0.05, 0) is 37.5 Å². The second kappa shape index (κ2) is 5.69. The van der Waals surface area contributed by atoms with Gasteiger partial charge in [0.15, 0.2) is 0 Å². The Hall–Kier alpha value is -2.10. The van der Waals surface area contributed by atoms with Crippen molar-refractivity contribution in [1.29, 1.82) is 0 Å². The van der Waals surface area contributed by atoms with Crippen LogP contribution in [0.4, 0.5) is 11.5 Å². The molecule has 0 unspecified atom stereocenters. The van der Waals surface area contributed by atoms with Crippen LogP contribution in [0.3, 0.4) is 0 Å². The zero-order valence-corrected chi connectivity index (χ0v) is 11.7. The summed E-state index contributed by atoms with van der Waals surface area (Å²) in [6.45, 7) is 6.76. The highest BCUT2D eigenvalue weighted by molar-refractivity contribution is 5.51. The average Bonchev–Trinajstić information content (AvgIpc) is 2.40. The van der Waals surface area contributed by atoms with Crippen LogP contribution in [-0.2, 0) is 13.0 Å². The van der Waals surface area contributed by atoms with Crippen molar-refractivity contribution >= 4 is 11.5 Å². The van der Waals surface area contributed by atoms with Gasteiger partial charge < -0.3 is 11.1 Å². The molecule has 0 saturated heterocycles. The van der Waals surface area contributed by atoms with Gasteiger partial charge in [0.25, 0.3) is 0 Å². The summed E-state index contributed by atoms with van der Waals surface area (Å²) in [5, 5.41) is 3.34. The first-order chi connectivity index (χ1) is 9.10. The minimum Gasteiger partial charge on any atom is -0.399 e. The predicted molar refractivity (Wildman–Crippen MR) is 79.1 cm³/mol. The van der Waals surface area contributed by atoms with Crippen LogP contribution in [0.2, 0.25) is 0 Å². The van der Waals surface area contributed by atoms with Gasteiger partial charge >= 0.3 is 0 Å². The molecule has 19 heavy (non-hydrogen) atoms. The molecule has 0 bridgehead atoms. The normalized spacial score (nSPS) is 10.5. The van der Waals surface area contributed by atoms with Gasteiger partial charge in [0.2, 0.25) is 0 Å². The van der Waals surface area contributed by atoms with Crippen molar-refractivity contribution in [2.45, 2.75) is 33.7 Å². The van der Waals surface area contributed by atoms with Crippen LogP contribution in [0.25, 0.3) is 0 Å². The number of hydrogen-bond donors (Lipinski definition) is 2. The second-order valence-electron chi connectivity index (χ2n) is 4.63. The summed E-state index contributed by atoms with van der Waals surface area (Å²) in [6, 6.07) is 7.97. The molecular formula is C15H20N4. The highest BCUT2D eigenvalue weighted by Gasteiger charge is 2.03. The molecule has 100 valence electrons. The van der Waals surface area contributed by atoms with Crippen LogP contribution in [0.1, 0.15) is 29.6 Å². The number of anilines is 2. The quantitative estimate of drug-likeness (QED) is 0.826. The van der Waals surface area contributed by atoms with E-state index in [-0.39, 0.29) is 0 Å². The summed E-state index contributed by atoms with van der Waals surface area (Å²) in [6.07, 6.45) is 0.912. The van der Waals surface area contributed by atoms with Gasteiger partial charge in [-0.1, -0.05) is 19.1 Å². The maximum absolute atomic E-state index is 5.91. The third kappa shape index (κ3) is 3.22. The molecule has 0 spiro atoms. The third-order valence-corrected chi connectivity index (χ3v) is 3.20. The van der Waals surface area contributed by atoms with E-state index in [9.17, 15) is 0 Å². The fourth-order valence-electron chi connectivity index (χ4n) is 1.98. The molecule has 0 aliphatic carbocycles. The summed E-state index contributed by atoms with van der Waals surface area (Å²) in [7, 11) is 0. The molecule has 0 amide bonds. The van der Waals surface area contributed by atoms with Gasteiger partial charge in [0.05, 0.1) is 0 Å². The van der Waals surface area contributed by atoms with Gasteiger partial charge in [-0.3, -0.25) is 0 Å². The lowest BCUT2D eigenvalue weighted by molar-refractivity contribution is 0.940. The maximum Gasteiger partial charge on any atom is 0.130 e. The van der Waals surface area contributed by atoms with Gasteiger partial charge in [-0.2, -0.15) is 0 Å². The lowest BCUT2D eigenvalue weighted by atomic mass is 10.1. The van der Waals surface area contributed by atoms with E-state index in [0.717, 1.165) is 41.6 Å². The van der Waals surface area contributed by atoms with Crippen molar-refractivity contribution < 1.29 is 0 Å². The summed E-state index contributed by atoms with van der Waals surface area (Å²) in [4.78, 5) is 8.76. The molecule has 2 rings (SSSR count). The first-order valence-electron chi connectivity index (χ1n) is 6.52. The summed E-state index contributed by atoms with van der Waals surface area (Å²) in [5.41, 5.74) is 10.1. The molecule has 0 saturated carbocycles. The van der Waals surface area contributed by atoms with Crippen LogP contribution in [0, 0.1) is 13.8 Å². The Morgan fingerprint density at radius 1 is 1.21 bits per heavy atom. The van der Waals surface area contributed by atoms with Gasteiger partial charge in [-0.15, -0.1) is 0 Å². The van der Waals surface area contributed by atoms with Crippen LogP contribution in [0.15, 0.2) is 24.3 Å². The van der Waals surface area contributed by atoms with Gasteiger partial charge in [0.1, 0.15) is 11.6 Å². The molecular weight excluding hydrogens is 236 g/mol. The second-order valence-corrected chi connectivity index (χ2v) is 4.63. The van der Waals surface area contributed by atoms with Crippen LogP contribution >= 0.6 is 0 Å². The Kier molecular flexibility index (Phi) is 4.00. The van der Waals surface area contributed by atoms with E-state index >= 15 is 0 Å². The smallest absolute Gasteiger partial charge is 0.130 e. The topological polar surface area (TPSA) is 63.8 Å². The van der Waals surface area contributed by atoms with E-state index in [1.807, 2.05) is 32.0 Å². The molecule has 0 atom stereocenters. The fraction of sp³-hybridized carbons (Fsp3) is 0.333. The number of nitrogen functional groups attached to an aromatic ring is 1. The fourth-order valence-corrected chi connectivity index (χ4v) is 1.98. The number of nitrogens with zero attached hydrogens (tertiary/aromatic N) is 2. The van der Waals surface area contributed by atoms with E-state index < -0.39 is 0 Å². The van der Waals surface area contributed by atoms with Crippen molar-refractivity contribution in [2.75, 3.05) is 11.1 Å². The predicted octanol–water partition coefficient (Wildman–Crippen LogP) is 2.85. The van der Waals surface area contributed by atoms with E-state index in [4.69, 9.17) is 5.73 Å². The highest BCUT2D eigenvalue weighted by atomic mass is 15.0. The Morgan fingerprint density at radius 2 is 2.00 bits per heavy atom. The Balaban J connectivity index is 2.14. The van der Waals surface area contributed by atoms with Gasteiger partial charge in [-0.25, -0.2) is 9.97 Å². The minimum atomic E-state index is 0.719. The SMILES string of the molecule is CCc1cc(NCc2cccc(N)c2C)nc(C)n1. The Labute approximate surface area is 114 Å². The number of nitrogens with one attached hydrogen (secondary N) is 1. The lowest BCUT2D eigenvalue weighted by Gasteiger charge is -2.11. The van der Waals surface area contributed by atoms with E-state index in [1.165, 1.54) is 5.56 Å². The van der Waals surface area contributed by atoms with E-state index in [1.54, 1.807) is 0 Å². The molecule has 0 fully saturated rings. The number of aryl methyl sites for hydroxylation is 2. The molecule has 3 N–H and O–H groups in total. The first kappa shape index (κ1) is 13.3. The summed E-state index contributed by atoms with van der Waals surface area (Å²) in [5.74, 6) is 1.66. The zero-order chi connectivity index (χ0) is 13.8. The molecule has 2 aromatic rings. The lowest BCUT2D eigenvalue weighted by Crippen LogP contribution is -2.06. The molecule has 1 heterocycles.